The Balaban J connectivity index is 1.56. The smallest absolute Gasteiger partial charge is 0.330 e. The molecule has 1 aliphatic rings. The lowest BCUT2D eigenvalue weighted by atomic mass is 10.0. The first kappa shape index (κ1) is 20.6. The molecule has 0 amide bonds. The average Bonchev–Trinajstić information content (AvgIpc) is 3.21. The average molecular weight is 421 g/mol. The predicted octanol–water partition coefficient (Wildman–Crippen LogP) is 4.89. The van der Waals surface area contributed by atoms with Gasteiger partial charge in [0, 0.05) is 52.4 Å². The molecule has 2 heterocycles. The molecule has 1 aromatic heterocycles. The van der Waals surface area contributed by atoms with Crippen molar-refractivity contribution in [2.75, 3.05) is 31.1 Å². The summed E-state index contributed by atoms with van der Waals surface area (Å²) in [5.74, 6) is -0.293. The number of benzene rings is 2. The Morgan fingerprint density at radius 3 is 2.93 bits per heavy atom. The number of carbonyl (C=O) groups is 1. The van der Waals surface area contributed by atoms with Gasteiger partial charge in [0.1, 0.15) is 0 Å². The van der Waals surface area contributed by atoms with E-state index in [2.05, 4.69) is 64.8 Å². The molecule has 1 aliphatic heterocycles. The molecular weight excluding hydrogens is 392 g/mol. The Bertz CT molecular complexity index is 1010. The molecule has 0 spiro atoms. The summed E-state index contributed by atoms with van der Waals surface area (Å²) in [5.41, 5.74) is 2.68. The molecular formula is C25H28N2O2S. The molecule has 1 fully saturated rings. The highest BCUT2D eigenvalue weighted by Gasteiger charge is 2.24. The van der Waals surface area contributed by atoms with Crippen LogP contribution in [0.5, 0.6) is 0 Å². The lowest BCUT2D eigenvalue weighted by Gasteiger charge is -2.38. The van der Waals surface area contributed by atoms with Crippen molar-refractivity contribution in [3.8, 4) is 0 Å². The van der Waals surface area contributed by atoms with E-state index in [0.29, 0.717) is 12.6 Å². The summed E-state index contributed by atoms with van der Waals surface area (Å²) in [4.78, 5) is 15.3. The first-order valence-electron chi connectivity index (χ1n) is 10.6. The number of nitrogens with zero attached hydrogens (tertiary/aromatic N) is 1. The summed E-state index contributed by atoms with van der Waals surface area (Å²) in [7, 11) is 0. The van der Waals surface area contributed by atoms with Gasteiger partial charge in [-0.2, -0.15) is 0 Å². The van der Waals surface area contributed by atoms with E-state index in [9.17, 15) is 4.79 Å². The van der Waals surface area contributed by atoms with Crippen LogP contribution in [0.15, 0.2) is 60.7 Å². The molecule has 0 radical (unpaired) electrons. The van der Waals surface area contributed by atoms with Crippen LogP contribution < -0.4 is 10.2 Å². The maximum absolute atomic E-state index is 11.7. The lowest BCUT2D eigenvalue weighted by molar-refractivity contribution is -0.137. The minimum absolute atomic E-state index is 0.293. The second-order valence-corrected chi connectivity index (χ2v) is 8.61. The number of ether oxygens (including phenoxy) is 1. The number of esters is 1. The van der Waals surface area contributed by atoms with Crippen molar-refractivity contribution in [1.82, 2.24) is 5.32 Å². The fourth-order valence-electron chi connectivity index (χ4n) is 4.05. The zero-order valence-corrected chi connectivity index (χ0v) is 18.2. The third kappa shape index (κ3) is 4.91. The van der Waals surface area contributed by atoms with E-state index in [0.717, 1.165) is 37.4 Å². The minimum atomic E-state index is -0.293. The highest BCUT2D eigenvalue weighted by molar-refractivity contribution is 7.20. The molecule has 3 aromatic rings. The lowest BCUT2D eigenvalue weighted by Crippen LogP contribution is -2.51. The quantitative estimate of drug-likeness (QED) is 0.437. The van der Waals surface area contributed by atoms with Gasteiger partial charge in [0.25, 0.3) is 0 Å². The predicted molar refractivity (Wildman–Crippen MR) is 126 cm³/mol. The van der Waals surface area contributed by atoms with Crippen molar-refractivity contribution in [2.45, 2.75) is 25.8 Å². The van der Waals surface area contributed by atoms with Gasteiger partial charge in [-0.05, 0) is 49.6 Å². The van der Waals surface area contributed by atoms with Crippen LogP contribution in [0.4, 0.5) is 5.69 Å². The van der Waals surface area contributed by atoms with Crippen LogP contribution >= 0.6 is 11.3 Å². The molecule has 4 nitrogen and oxygen atoms in total. The zero-order chi connectivity index (χ0) is 20.8. The summed E-state index contributed by atoms with van der Waals surface area (Å²) in [6, 6.07) is 19.9. The van der Waals surface area contributed by atoms with Gasteiger partial charge < -0.3 is 15.0 Å². The van der Waals surface area contributed by atoms with Crippen molar-refractivity contribution in [1.29, 1.82) is 0 Å². The molecule has 156 valence electrons. The van der Waals surface area contributed by atoms with Crippen LogP contribution in [0.1, 0.15) is 23.8 Å². The van der Waals surface area contributed by atoms with E-state index in [1.165, 1.54) is 27.4 Å². The summed E-state index contributed by atoms with van der Waals surface area (Å²) in [6.45, 7) is 5.22. The number of hydrogen-bond acceptors (Lipinski definition) is 5. The Kier molecular flexibility index (Phi) is 6.82. The summed E-state index contributed by atoms with van der Waals surface area (Å²) in [6.07, 6.45) is 5.57. The Morgan fingerprint density at radius 1 is 1.23 bits per heavy atom. The normalized spacial score (nSPS) is 17.0. The van der Waals surface area contributed by atoms with Crippen molar-refractivity contribution in [3.63, 3.8) is 0 Å². The third-order valence-electron chi connectivity index (χ3n) is 5.50. The van der Waals surface area contributed by atoms with Crippen molar-refractivity contribution in [2.24, 2.45) is 0 Å². The third-order valence-corrected chi connectivity index (χ3v) is 6.56. The highest BCUT2D eigenvalue weighted by Crippen LogP contribution is 2.35. The molecule has 0 bridgehead atoms. The fourth-order valence-corrected chi connectivity index (χ4v) is 5.04. The van der Waals surface area contributed by atoms with Gasteiger partial charge in [-0.25, -0.2) is 4.79 Å². The van der Waals surface area contributed by atoms with E-state index in [4.69, 9.17) is 4.74 Å². The molecule has 1 atom stereocenters. The number of rotatable bonds is 7. The summed E-state index contributed by atoms with van der Waals surface area (Å²) in [5, 5.41) is 4.83. The molecule has 0 saturated carbocycles. The molecule has 1 N–H and O–H groups in total. The van der Waals surface area contributed by atoms with Crippen molar-refractivity contribution in [3.05, 3.63) is 71.1 Å². The van der Waals surface area contributed by atoms with Gasteiger partial charge in [0.2, 0.25) is 0 Å². The molecule has 30 heavy (non-hydrogen) atoms. The van der Waals surface area contributed by atoms with E-state index in [-0.39, 0.29) is 5.97 Å². The number of thiophene rings is 1. The molecule has 0 aliphatic carbocycles. The molecule has 1 saturated heterocycles. The molecule has 2 aromatic carbocycles. The monoisotopic (exact) mass is 420 g/mol. The first-order valence-corrected chi connectivity index (χ1v) is 11.4. The minimum Gasteiger partial charge on any atom is -0.463 e. The molecule has 1 unspecified atom stereocenters. The van der Waals surface area contributed by atoms with Gasteiger partial charge in [-0.3, -0.25) is 0 Å². The van der Waals surface area contributed by atoms with E-state index < -0.39 is 0 Å². The van der Waals surface area contributed by atoms with Gasteiger partial charge in [0.15, 0.2) is 0 Å². The Hall–Kier alpha value is -2.63. The van der Waals surface area contributed by atoms with Gasteiger partial charge in [-0.1, -0.05) is 36.4 Å². The van der Waals surface area contributed by atoms with Crippen LogP contribution in [0.25, 0.3) is 16.2 Å². The number of carbonyl (C=O) groups excluding carboxylic acids is 1. The van der Waals surface area contributed by atoms with Gasteiger partial charge in [-0.15, -0.1) is 11.3 Å². The second kappa shape index (κ2) is 9.92. The van der Waals surface area contributed by atoms with Crippen LogP contribution in [0.3, 0.4) is 0 Å². The second-order valence-electron chi connectivity index (χ2n) is 7.50. The highest BCUT2D eigenvalue weighted by atomic mass is 32.1. The zero-order valence-electron chi connectivity index (χ0n) is 17.3. The van der Waals surface area contributed by atoms with Crippen molar-refractivity contribution < 1.29 is 9.53 Å². The van der Waals surface area contributed by atoms with Crippen LogP contribution in [-0.4, -0.2) is 38.3 Å². The van der Waals surface area contributed by atoms with E-state index in [1.807, 2.05) is 13.0 Å². The summed E-state index contributed by atoms with van der Waals surface area (Å²) < 4.78 is 6.24. The molecule has 5 heteroatoms. The van der Waals surface area contributed by atoms with E-state index >= 15 is 0 Å². The number of hydrogen-bond donors (Lipinski definition) is 1. The van der Waals surface area contributed by atoms with Crippen LogP contribution in [-0.2, 0) is 16.0 Å². The largest absolute Gasteiger partial charge is 0.463 e. The van der Waals surface area contributed by atoms with Crippen LogP contribution in [0, 0.1) is 0 Å². The topological polar surface area (TPSA) is 41.6 Å². The Labute approximate surface area is 182 Å². The first-order chi connectivity index (χ1) is 14.7. The molecule has 4 rings (SSSR count). The number of fused-ring (bicyclic) bond motifs is 1. The number of aryl methyl sites for hydroxylation is 1. The SMILES string of the molecule is CCOC(=O)/C=C/c1cc2c(N3CCNCC3CCc3ccccc3)cccc2s1. The standard InChI is InChI=1S/C25H28N2O2S/c1-2-29-25(28)14-13-21-17-22-23(9-6-10-24(22)30-21)27-16-15-26-18-20(27)12-11-19-7-4-3-5-8-19/h3-10,13-14,17,20,26H,2,11-12,15-16,18H2,1H3/b14-13+. The maximum Gasteiger partial charge on any atom is 0.330 e. The van der Waals surface area contributed by atoms with Gasteiger partial charge in [0.05, 0.1) is 6.61 Å². The van der Waals surface area contributed by atoms with Crippen molar-refractivity contribution >= 4 is 39.2 Å². The fraction of sp³-hybridized carbons (Fsp3) is 0.320. The number of anilines is 1. The number of nitrogens with one attached hydrogen (secondary N) is 1. The van der Waals surface area contributed by atoms with Crippen LogP contribution in [0.2, 0.25) is 0 Å². The number of piperazine rings is 1. The maximum atomic E-state index is 11.7. The summed E-state index contributed by atoms with van der Waals surface area (Å²) >= 11 is 1.71. The van der Waals surface area contributed by atoms with E-state index in [1.54, 1.807) is 11.3 Å². The van der Waals surface area contributed by atoms with Gasteiger partial charge >= 0.3 is 5.97 Å². The Morgan fingerprint density at radius 2 is 2.10 bits per heavy atom.